The minimum Gasteiger partial charge on any atom is -0.324 e. The van der Waals surface area contributed by atoms with Crippen LogP contribution in [0.1, 0.15) is 6.92 Å². The number of hydrogen-bond acceptors (Lipinski definition) is 5. The Morgan fingerprint density at radius 1 is 1.28 bits per heavy atom. The normalized spacial score (nSPS) is 11.8. The molecule has 2 aromatic rings. The molecule has 5 nitrogen and oxygen atoms in total. The zero-order chi connectivity index (χ0) is 12.8. The SMILES string of the molecule is CC(Sc1ncccn1)C(=O)Nc1cccnc1. The predicted octanol–water partition coefficient (Wildman–Crippen LogP) is 1.99. The Labute approximate surface area is 109 Å². The van der Waals surface area contributed by atoms with Gasteiger partial charge in [-0.1, -0.05) is 11.8 Å². The fraction of sp³-hybridized carbons (Fsp3) is 0.167. The van der Waals surface area contributed by atoms with Gasteiger partial charge in [-0.15, -0.1) is 0 Å². The summed E-state index contributed by atoms with van der Waals surface area (Å²) in [5.74, 6) is -0.0968. The fourth-order valence-electron chi connectivity index (χ4n) is 1.24. The lowest BCUT2D eigenvalue weighted by Crippen LogP contribution is -2.22. The van der Waals surface area contributed by atoms with Crippen molar-refractivity contribution in [3.63, 3.8) is 0 Å². The van der Waals surface area contributed by atoms with Crippen molar-refractivity contribution in [1.82, 2.24) is 15.0 Å². The molecule has 0 saturated carbocycles. The number of pyridine rings is 1. The molecule has 2 aromatic heterocycles. The van der Waals surface area contributed by atoms with Crippen LogP contribution in [-0.4, -0.2) is 26.1 Å². The maximum Gasteiger partial charge on any atom is 0.237 e. The number of carbonyl (C=O) groups is 1. The largest absolute Gasteiger partial charge is 0.324 e. The summed E-state index contributed by atoms with van der Waals surface area (Å²) in [5.41, 5.74) is 0.684. The van der Waals surface area contributed by atoms with Crippen molar-refractivity contribution in [3.8, 4) is 0 Å². The smallest absolute Gasteiger partial charge is 0.237 e. The van der Waals surface area contributed by atoms with E-state index in [0.29, 0.717) is 10.8 Å². The van der Waals surface area contributed by atoms with E-state index in [-0.39, 0.29) is 11.2 Å². The van der Waals surface area contributed by atoms with Crippen molar-refractivity contribution in [1.29, 1.82) is 0 Å². The van der Waals surface area contributed by atoms with Gasteiger partial charge >= 0.3 is 0 Å². The summed E-state index contributed by atoms with van der Waals surface area (Å²) in [6.07, 6.45) is 6.57. The van der Waals surface area contributed by atoms with Crippen molar-refractivity contribution in [3.05, 3.63) is 43.0 Å². The van der Waals surface area contributed by atoms with Crippen molar-refractivity contribution in [2.24, 2.45) is 0 Å². The maximum absolute atomic E-state index is 11.9. The first kappa shape index (κ1) is 12.5. The van der Waals surface area contributed by atoms with Gasteiger partial charge in [0.15, 0.2) is 5.16 Å². The molecule has 0 radical (unpaired) electrons. The number of carbonyl (C=O) groups excluding carboxylic acids is 1. The second kappa shape index (κ2) is 6.11. The van der Waals surface area contributed by atoms with E-state index in [4.69, 9.17) is 0 Å². The Balaban J connectivity index is 1.93. The molecule has 0 aliphatic heterocycles. The van der Waals surface area contributed by atoms with Crippen LogP contribution < -0.4 is 5.32 Å². The zero-order valence-electron chi connectivity index (χ0n) is 9.78. The highest BCUT2D eigenvalue weighted by Gasteiger charge is 2.15. The molecule has 0 aromatic carbocycles. The summed E-state index contributed by atoms with van der Waals surface area (Å²) < 4.78 is 0. The van der Waals surface area contributed by atoms with E-state index >= 15 is 0 Å². The van der Waals surface area contributed by atoms with Gasteiger partial charge in [0.1, 0.15) is 0 Å². The van der Waals surface area contributed by atoms with Gasteiger partial charge < -0.3 is 5.32 Å². The van der Waals surface area contributed by atoms with Crippen molar-refractivity contribution < 1.29 is 4.79 Å². The summed E-state index contributed by atoms with van der Waals surface area (Å²) in [6, 6.07) is 5.31. The fourth-order valence-corrected chi connectivity index (χ4v) is 1.96. The minimum atomic E-state index is -0.271. The van der Waals surface area contributed by atoms with Gasteiger partial charge in [0.2, 0.25) is 5.91 Å². The van der Waals surface area contributed by atoms with E-state index in [1.165, 1.54) is 11.8 Å². The van der Waals surface area contributed by atoms with Crippen molar-refractivity contribution >= 4 is 23.4 Å². The molecule has 2 rings (SSSR count). The number of rotatable bonds is 4. The van der Waals surface area contributed by atoms with Crippen LogP contribution in [0.15, 0.2) is 48.1 Å². The zero-order valence-corrected chi connectivity index (χ0v) is 10.6. The lowest BCUT2D eigenvalue weighted by atomic mass is 10.4. The summed E-state index contributed by atoms with van der Waals surface area (Å²) in [4.78, 5) is 24.0. The van der Waals surface area contributed by atoms with Crippen LogP contribution in [0.5, 0.6) is 0 Å². The van der Waals surface area contributed by atoms with E-state index in [1.807, 2.05) is 6.92 Å². The molecule has 1 atom stereocenters. The van der Waals surface area contributed by atoms with Gasteiger partial charge in [-0.25, -0.2) is 9.97 Å². The Hall–Kier alpha value is -1.95. The van der Waals surface area contributed by atoms with Crippen molar-refractivity contribution in [2.45, 2.75) is 17.3 Å². The second-order valence-electron chi connectivity index (χ2n) is 3.52. The molecule has 6 heteroatoms. The molecule has 0 spiro atoms. The average Bonchev–Trinajstić information content (AvgIpc) is 2.41. The Morgan fingerprint density at radius 3 is 2.72 bits per heavy atom. The van der Waals surface area contributed by atoms with Gasteiger partial charge in [-0.05, 0) is 25.1 Å². The van der Waals surface area contributed by atoms with Crippen LogP contribution in [0.2, 0.25) is 0 Å². The third-order valence-corrected chi connectivity index (χ3v) is 3.11. The molecular weight excluding hydrogens is 248 g/mol. The van der Waals surface area contributed by atoms with Crippen LogP contribution >= 0.6 is 11.8 Å². The molecule has 2 heterocycles. The van der Waals surface area contributed by atoms with Gasteiger partial charge in [0, 0.05) is 18.6 Å². The third kappa shape index (κ3) is 3.53. The molecule has 0 aliphatic rings. The van der Waals surface area contributed by atoms with Crippen molar-refractivity contribution in [2.75, 3.05) is 5.32 Å². The third-order valence-electron chi connectivity index (χ3n) is 2.12. The number of nitrogens with zero attached hydrogens (tertiary/aromatic N) is 3. The highest BCUT2D eigenvalue weighted by atomic mass is 32.2. The molecule has 18 heavy (non-hydrogen) atoms. The van der Waals surface area contributed by atoms with Gasteiger partial charge in [0.05, 0.1) is 17.1 Å². The highest BCUT2D eigenvalue weighted by molar-refractivity contribution is 8.00. The van der Waals surface area contributed by atoms with E-state index in [2.05, 4.69) is 20.3 Å². The molecule has 0 saturated heterocycles. The summed E-state index contributed by atoms with van der Waals surface area (Å²) in [7, 11) is 0. The van der Waals surface area contributed by atoms with E-state index in [0.717, 1.165) is 0 Å². The standard InChI is InChI=1S/C12H12N4OS/c1-9(18-12-14-6-3-7-15-12)11(17)16-10-4-2-5-13-8-10/h2-9H,1H3,(H,16,17). The molecule has 0 aliphatic carbocycles. The molecule has 1 amide bonds. The van der Waals surface area contributed by atoms with Crippen LogP contribution in [-0.2, 0) is 4.79 Å². The lowest BCUT2D eigenvalue weighted by molar-refractivity contribution is -0.115. The van der Waals surface area contributed by atoms with E-state index in [1.54, 1.807) is 43.0 Å². The molecule has 1 N–H and O–H groups in total. The first-order valence-corrected chi connectivity index (χ1v) is 6.28. The molecule has 1 unspecified atom stereocenters. The molecule has 92 valence electrons. The number of hydrogen-bond donors (Lipinski definition) is 1. The number of nitrogens with one attached hydrogen (secondary N) is 1. The van der Waals surface area contributed by atoms with Gasteiger partial charge in [0.25, 0.3) is 0 Å². The van der Waals surface area contributed by atoms with Crippen LogP contribution in [0.25, 0.3) is 0 Å². The topological polar surface area (TPSA) is 67.8 Å². The monoisotopic (exact) mass is 260 g/mol. The predicted molar refractivity (Wildman–Crippen MR) is 70.2 cm³/mol. The average molecular weight is 260 g/mol. The number of anilines is 1. The van der Waals surface area contributed by atoms with Crippen LogP contribution in [0.4, 0.5) is 5.69 Å². The number of amides is 1. The maximum atomic E-state index is 11.9. The van der Waals surface area contributed by atoms with Crippen LogP contribution in [0, 0.1) is 0 Å². The minimum absolute atomic E-state index is 0.0968. The molecule has 0 fully saturated rings. The Bertz CT molecular complexity index is 506. The van der Waals surface area contributed by atoms with Gasteiger partial charge in [-0.2, -0.15) is 0 Å². The van der Waals surface area contributed by atoms with E-state index in [9.17, 15) is 4.79 Å². The second-order valence-corrected chi connectivity index (χ2v) is 4.83. The Morgan fingerprint density at radius 2 is 2.06 bits per heavy atom. The van der Waals surface area contributed by atoms with E-state index < -0.39 is 0 Å². The first-order chi connectivity index (χ1) is 8.75. The quantitative estimate of drug-likeness (QED) is 0.672. The summed E-state index contributed by atoms with van der Waals surface area (Å²) in [6.45, 7) is 1.81. The first-order valence-electron chi connectivity index (χ1n) is 5.40. The lowest BCUT2D eigenvalue weighted by Gasteiger charge is -2.10. The molecular formula is C12H12N4OS. The highest BCUT2D eigenvalue weighted by Crippen LogP contribution is 2.19. The number of thioether (sulfide) groups is 1. The Kier molecular flexibility index (Phi) is 4.25. The number of aromatic nitrogens is 3. The van der Waals surface area contributed by atoms with Crippen LogP contribution in [0.3, 0.4) is 0 Å². The van der Waals surface area contributed by atoms with Gasteiger partial charge in [-0.3, -0.25) is 9.78 Å². The summed E-state index contributed by atoms with van der Waals surface area (Å²) >= 11 is 1.32. The summed E-state index contributed by atoms with van der Waals surface area (Å²) in [5, 5.41) is 3.10. The molecule has 0 bridgehead atoms.